The monoisotopic (exact) mass is 113 g/mol. The van der Waals surface area contributed by atoms with Crippen LogP contribution in [0.3, 0.4) is 0 Å². The van der Waals surface area contributed by atoms with Gasteiger partial charge in [-0.15, -0.1) is 0 Å². The molecule has 0 saturated heterocycles. The molecule has 8 heavy (non-hydrogen) atoms. The Morgan fingerprint density at radius 3 is 3.25 bits per heavy atom. The van der Waals surface area contributed by atoms with Gasteiger partial charge in [0.05, 0.1) is 5.71 Å². The van der Waals surface area contributed by atoms with Crippen molar-refractivity contribution in [3.05, 3.63) is 0 Å². The van der Waals surface area contributed by atoms with Gasteiger partial charge in [-0.3, -0.25) is 0 Å². The Morgan fingerprint density at radius 2 is 2.38 bits per heavy atom. The van der Waals surface area contributed by atoms with Gasteiger partial charge >= 0.3 is 0 Å². The standard InChI is InChI=1S/C6H11NO/c1-6-4-2-3-5-8-7-6/h2-5H2,1H3. The Bertz CT molecular complexity index is 98.7. The molecule has 0 unspecified atom stereocenters. The number of oxime groups is 1. The Kier molecular flexibility index (Phi) is 1.89. The van der Waals surface area contributed by atoms with Crippen molar-refractivity contribution in [2.24, 2.45) is 5.16 Å². The summed E-state index contributed by atoms with van der Waals surface area (Å²) in [5.41, 5.74) is 1.13. The number of rotatable bonds is 0. The second-order valence-corrected chi connectivity index (χ2v) is 2.12. The summed E-state index contributed by atoms with van der Waals surface area (Å²) in [6.45, 7) is 2.81. The SMILES string of the molecule is CC1=NOCCCC1. The van der Waals surface area contributed by atoms with Gasteiger partial charge in [-0.25, -0.2) is 0 Å². The minimum atomic E-state index is 0.803. The van der Waals surface area contributed by atoms with Crippen LogP contribution >= 0.6 is 0 Å². The minimum absolute atomic E-state index is 0.803. The lowest BCUT2D eigenvalue weighted by molar-refractivity contribution is 0.146. The third kappa shape index (κ3) is 1.52. The summed E-state index contributed by atoms with van der Waals surface area (Å²) in [5, 5.41) is 3.84. The second kappa shape index (κ2) is 2.70. The molecule has 2 nitrogen and oxygen atoms in total. The van der Waals surface area contributed by atoms with Crippen LogP contribution in [-0.4, -0.2) is 12.3 Å². The first-order valence-corrected chi connectivity index (χ1v) is 3.05. The summed E-state index contributed by atoms with van der Waals surface area (Å²) >= 11 is 0. The van der Waals surface area contributed by atoms with E-state index in [1.807, 2.05) is 6.92 Å². The first-order chi connectivity index (χ1) is 3.89. The van der Waals surface area contributed by atoms with E-state index in [-0.39, 0.29) is 0 Å². The lowest BCUT2D eigenvalue weighted by Gasteiger charge is -1.89. The predicted molar refractivity (Wildman–Crippen MR) is 32.9 cm³/mol. The van der Waals surface area contributed by atoms with Crippen LogP contribution < -0.4 is 0 Å². The molecule has 0 spiro atoms. The average molecular weight is 113 g/mol. The molecule has 0 fully saturated rings. The largest absolute Gasteiger partial charge is 0.396 e. The normalized spacial score (nSPS) is 20.9. The van der Waals surface area contributed by atoms with Crippen LogP contribution in [-0.2, 0) is 4.84 Å². The minimum Gasteiger partial charge on any atom is -0.396 e. The van der Waals surface area contributed by atoms with E-state index >= 15 is 0 Å². The van der Waals surface area contributed by atoms with Gasteiger partial charge in [0.2, 0.25) is 0 Å². The van der Waals surface area contributed by atoms with Crippen LogP contribution in [0.5, 0.6) is 0 Å². The number of nitrogens with zero attached hydrogens (tertiary/aromatic N) is 1. The summed E-state index contributed by atoms with van der Waals surface area (Å²) < 4.78 is 0. The lowest BCUT2D eigenvalue weighted by Crippen LogP contribution is -1.86. The molecule has 1 rings (SSSR count). The Hall–Kier alpha value is -0.530. The molecular formula is C6H11NO. The quantitative estimate of drug-likeness (QED) is 0.467. The van der Waals surface area contributed by atoms with Gasteiger partial charge < -0.3 is 4.84 Å². The third-order valence-electron chi connectivity index (χ3n) is 1.24. The van der Waals surface area contributed by atoms with Crippen LogP contribution in [0, 0.1) is 0 Å². The first kappa shape index (κ1) is 5.60. The highest BCUT2D eigenvalue weighted by molar-refractivity contribution is 5.81. The Balaban J connectivity index is 2.36. The molecule has 0 radical (unpaired) electrons. The fraction of sp³-hybridized carbons (Fsp3) is 0.833. The highest BCUT2D eigenvalue weighted by atomic mass is 16.6. The summed E-state index contributed by atoms with van der Waals surface area (Å²) in [4.78, 5) is 4.89. The van der Waals surface area contributed by atoms with E-state index < -0.39 is 0 Å². The maximum Gasteiger partial charge on any atom is 0.117 e. The van der Waals surface area contributed by atoms with Crippen molar-refractivity contribution in [1.82, 2.24) is 0 Å². The van der Waals surface area contributed by atoms with Gasteiger partial charge in [0, 0.05) is 0 Å². The first-order valence-electron chi connectivity index (χ1n) is 3.05. The summed E-state index contributed by atoms with van der Waals surface area (Å²) in [5.74, 6) is 0. The molecule has 0 N–H and O–H groups in total. The van der Waals surface area contributed by atoms with E-state index in [0.29, 0.717) is 0 Å². The molecule has 1 aliphatic heterocycles. The predicted octanol–water partition coefficient (Wildman–Crippen LogP) is 1.56. The van der Waals surface area contributed by atoms with E-state index in [1.165, 1.54) is 6.42 Å². The topological polar surface area (TPSA) is 21.6 Å². The molecule has 0 aromatic rings. The summed E-state index contributed by atoms with van der Waals surface area (Å²) in [6, 6.07) is 0. The number of hydrogen-bond acceptors (Lipinski definition) is 2. The van der Waals surface area contributed by atoms with Crippen molar-refractivity contribution in [3.8, 4) is 0 Å². The van der Waals surface area contributed by atoms with Crippen LogP contribution in [0.4, 0.5) is 0 Å². The van der Waals surface area contributed by atoms with E-state index in [2.05, 4.69) is 5.16 Å². The second-order valence-electron chi connectivity index (χ2n) is 2.12. The van der Waals surface area contributed by atoms with Gasteiger partial charge in [-0.2, -0.15) is 0 Å². The van der Waals surface area contributed by atoms with Crippen molar-refractivity contribution in [2.75, 3.05) is 6.61 Å². The maximum atomic E-state index is 4.89. The van der Waals surface area contributed by atoms with Gasteiger partial charge in [-0.1, -0.05) is 5.16 Å². The molecular weight excluding hydrogens is 102 g/mol. The third-order valence-corrected chi connectivity index (χ3v) is 1.24. The zero-order valence-electron chi connectivity index (χ0n) is 5.18. The van der Waals surface area contributed by atoms with Crippen molar-refractivity contribution < 1.29 is 4.84 Å². The number of hydrogen-bond donors (Lipinski definition) is 0. The molecule has 0 aliphatic carbocycles. The summed E-state index contributed by atoms with van der Waals surface area (Å²) in [7, 11) is 0. The molecule has 46 valence electrons. The van der Waals surface area contributed by atoms with Crippen molar-refractivity contribution >= 4 is 5.71 Å². The fourth-order valence-corrected chi connectivity index (χ4v) is 0.749. The fourth-order valence-electron chi connectivity index (χ4n) is 0.749. The van der Waals surface area contributed by atoms with Crippen molar-refractivity contribution in [1.29, 1.82) is 0 Å². The van der Waals surface area contributed by atoms with Crippen molar-refractivity contribution in [3.63, 3.8) is 0 Å². The maximum absolute atomic E-state index is 4.89. The van der Waals surface area contributed by atoms with E-state index in [0.717, 1.165) is 25.2 Å². The van der Waals surface area contributed by atoms with Gasteiger partial charge in [-0.05, 0) is 26.2 Å². The zero-order chi connectivity index (χ0) is 5.82. The van der Waals surface area contributed by atoms with Crippen LogP contribution in [0.15, 0.2) is 5.16 Å². The van der Waals surface area contributed by atoms with Gasteiger partial charge in [0.1, 0.15) is 6.61 Å². The van der Waals surface area contributed by atoms with E-state index in [9.17, 15) is 0 Å². The molecule has 0 bridgehead atoms. The molecule has 1 heterocycles. The summed E-state index contributed by atoms with van der Waals surface area (Å²) in [6.07, 6.45) is 3.50. The molecule has 2 heteroatoms. The van der Waals surface area contributed by atoms with Crippen LogP contribution in [0.2, 0.25) is 0 Å². The van der Waals surface area contributed by atoms with E-state index in [1.54, 1.807) is 0 Å². The Morgan fingerprint density at radius 1 is 1.50 bits per heavy atom. The van der Waals surface area contributed by atoms with Gasteiger partial charge in [0.15, 0.2) is 0 Å². The van der Waals surface area contributed by atoms with E-state index in [4.69, 9.17) is 4.84 Å². The highest BCUT2D eigenvalue weighted by Crippen LogP contribution is 2.03. The highest BCUT2D eigenvalue weighted by Gasteiger charge is 1.97. The smallest absolute Gasteiger partial charge is 0.117 e. The molecule has 0 saturated carbocycles. The van der Waals surface area contributed by atoms with Crippen LogP contribution in [0.25, 0.3) is 0 Å². The zero-order valence-corrected chi connectivity index (χ0v) is 5.18. The van der Waals surface area contributed by atoms with Crippen molar-refractivity contribution in [2.45, 2.75) is 26.2 Å². The molecule has 0 aromatic carbocycles. The van der Waals surface area contributed by atoms with Gasteiger partial charge in [0.25, 0.3) is 0 Å². The van der Waals surface area contributed by atoms with Crippen LogP contribution in [0.1, 0.15) is 26.2 Å². The molecule has 0 amide bonds. The molecule has 0 aromatic heterocycles. The molecule has 1 aliphatic rings. The Labute approximate surface area is 49.5 Å². The average Bonchev–Trinajstić information content (AvgIpc) is 1.94. The molecule has 0 atom stereocenters. The lowest BCUT2D eigenvalue weighted by atomic mass is 10.2.